The van der Waals surface area contributed by atoms with Crippen molar-refractivity contribution in [3.63, 3.8) is 0 Å². The number of anilines is 1. The largest absolute Gasteiger partial charge is 0.493 e. The first-order valence-corrected chi connectivity index (χ1v) is 20.0. The lowest BCUT2D eigenvalue weighted by molar-refractivity contribution is -0.144. The van der Waals surface area contributed by atoms with Crippen LogP contribution in [0.2, 0.25) is 5.02 Å². The molecule has 1 aliphatic heterocycles. The number of carboxylic acids is 1. The number of likely N-dealkylation sites (N-methyl/N-ethyl adjacent to an activating group) is 1. The molecule has 0 saturated heterocycles. The molecule has 3 aliphatic carbocycles. The summed E-state index contributed by atoms with van der Waals surface area (Å²) in [6.07, 6.45) is 10.5. The van der Waals surface area contributed by atoms with Gasteiger partial charge in [-0.25, -0.2) is 4.79 Å². The van der Waals surface area contributed by atoms with Gasteiger partial charge in [-0.15, -0.1) is 0 Å². The highest BCUT2D eigenvalue weighted by molar-refractivity contribution is 6.30. The van der Waals surface area contributed by atoms with Gasteiger partial charge in [0.15, 0.2) is 11.5 Å². The van der Waals surface area contributed by atoms with Crippen molar-refractivity contribution in [1.29, 1.82) is 0 Å². The number of aromatic nitrogens is 1. The molecule has 4 aliphatic rings. The lowest BCUT2D eigenvalue weighted by Gasteiger charge is -2.47. The summed E-state index contributed by atoms with van der Waals surface area (Å²) < 4.78 is 24.9. The number of nitrogens with one attached hydrogen (secondary N) is 1. The maximum Gasteiger partial charge on any atom is 0.329 e. The monoisotopic (exact) mass is 745 g/mol. The van der Waals surface area contributed by atoms with Gasteiger partial charge in [0.2, 0.25) is 0 Å². The molecule has 9 nitrogen and oxygen atoms in total. The highest BCUT2D eigenvalue weighted by Gasteiger charge is 2.54. The average molecular weight is 746 g/mol. The van der Waals surface area contributed by atoms with Gasteiger partial charge < -0.3 is 34.3 Å². The Kier molecular flexibility index (Phi) is 11.4. The summed E-state index contributed by atoms with van der Waals surface area (Å²) >= 11 is 6.31. The van der Waals surface area contributed by atoms with Gasteiger partial charge in [-0.05, 0) is 142 Å². The van der Waals surface area contributed by atoms with E-state index in [0.29, 0.717) is 48.8 Å². The van der Waals surface area contributed by atoms with E-state index < -0.39 is 11.5 Å². The highest BCUT2D eigenvalue weighted by Crippen LogP contribution is 2.58. The van der Waals surface area contributed by atoms with Crippen LogP contribution in [-0.4, -0.2) is 79.7 Å². The second-order valence-corrected chi connectivity index (χ2v) is 16.7. The zero-order chi connectivity index (χ0) is 37.2. The maximum atomic E-state index is 13.1. The first kappa shape index (κ1) is 37.8. The number of aliphatic carboxylic acids is 1. The molecule has 1 aromatic heterocycles. The van der Waals surface area contributed by atoms with E-state index in [9.17, 15) is 9.90 Å². The lowest BCUT2D eigenvalue weighted by Crippen LogP contribution is -2.53. The fourth-order valence-electron chi connectivity index (χ4n) is 9.72. The molecule has 53 heavy (non-hydrogen) atoms. The van der Waals surface area contributed by atoms with Crippen LogP contribution in [0, 0.1) is 11.8 Å². The molecule has 7 rings (SSSR count). The van der Waals surface area contributed by atoms with E-state index in [1.54, 1.807) is 13.2 Å². The molecule has 2 heterocycles. The van der Waals surface area contributed by atoms with Gasteiger partial charge in [-0.2, -0.15) is 0 Å². The second kappa shape index (κ2) is 16.1. The van der Waals surface area contributed by atoms with Crippen LogP contribution < -0.4 is 19.5 Å². The number of rotatable bonds is 14. The summed E-state index contributed by atoms with van der Waals surface area (Å²) in [5.41, 5.74) is 4.52. The minimum atomic E-state index is -1.08. The quantitative estimate of drug-likeness (QED) is 0.158. The average Bonchev–Trinajstić information content (AvgIpc) is 3.41. The summed E-state index contributed by atoms with van der Waals surface area (Å²) in [5, 5.41) is 14.7. The zero-order valence-corrected chi connectivity index (χ0v) is 32.6. The number of hydrogen-bond donors (Lipinski definition) is 2. The molecular weight excluding hydrogens is 690 g/mol. The van der Waals surface area contributed by atoms with E-state index in [4.69, 9.17) is 30.5 Å². The van der Waals surface area contributed by atoms with Crippen molar-refractivity contribution in [1.82, 2.24) is 9.88 Å². The zero-order valence-electron chi connectivity index (χ0n) is 31.8. The normalized spacial score (nSPS) is 26.6. The number of halogens is 1. The first-order chi connectivity index (χ1) is 25.6. The summed E-state index contributed by atoms with van der Waals surface area (Å²) in [4.78, 5) is 20.0. The second-order valence-electron chi connectivity index (χ2n) is 16.3. The van der Waals surface area contributed by atoms with Crippen LogP contribution in [0.3, 0.4) is 0 Å². The Hall–Kier alpha value is -3.53. The van der Waals surface area contributed by atoms with Crippen LogP contribution in [0.1, 0.15) is 93.5 Å². The molecule has 1 saturated carbocycles. The Morgan fingerprint density at radius 1 is 1.17 bits per heavy atom. The van der Waals surface area contributed by atoms with Crippen LogP contribution in [0.5, 0.6) is 17.2 Å². The third-order valence-corrected chi connectivity index (χ3v) is 12.7. The van der Waals surface area contributed by atoms with Crippen LogP contribution in [0.15, 0.2) is 48.7 Å². The number of benzene rings is 2. The number of nitrogens with zero attached hydrogens (tertiary/aromatic N) is 2. The number of ether oxygens (including phenoxy) is 4. The standard InChI is InChI=1S/C43H56ClN3O6/c1-28(26-51-37-12-17-45-36-11-5-8-29(2)40(36)37)20-31-21-30-22-38-39(53-34(27-52-38)25-47(3)18-7-19-50-4)24-35(30)42(31)13-15-43(16-14-42,41(48)49)46-33-10-6-9-32(44)23-33/h6,9-10,12,17,22-24,28-29,31,34,46H,5,7-8,11,13-16,18-21,25-27H2,1-4H3,(H,48,49)/t28-,29-,31+,34+,42?,43?/m1/s1. The number of aryl methyl sites for hydroxylation is 1. The summed E-state index contributed by atoms with van der Waals surface area (Å²) in [6.45, 7) is 8.14. The predicted molar refractivity (Wildman–Crippen MR) is 208 cm³/mol. The smallest absolute Gasteiger partial charge is 0.329 e. The maximum absolute atomic E-state index is 13.1. The summed E-state index contributed by atoms with van der Waals surface area (Å²) in [6, 6.07) is 13.9. The van der Waals surface area contributed by atoms with Gasteiger partial charge in [-0.1, -0.05) is 31.5 Å². The molecule has 0 radical (unpaired) electrons. The van der Waals surface area contributed by atoms with Crippen molar-refractivity contribution in [3.05, 3.63) is 76.1 Å². The SMILES string of the molecule is COCCCN(C)C[C@H]1COc2cc3c(cc2O1)C1(CCC(Nc2cccc(Cl)c2)(C(=O)O)CC1)[C@@H](C[C@@H](C)COc1ccnc2c1[C@H](C)CCC2)C3. The predicted octanol–water partition coefficient (Wildman–Crippen LogP) is 8.31. The van der Waals surface area contributed by atoms with Crippen molar-refractivity contribution in [2.24, 2.45) is 11.8 Å². The van der Waals surface area contributed by atoms with Gasteiger partial charge >= 0.3 is 5.97 Å². The molecule has 286 valence electrons. The minimum Gasteiger partial charge on any atom is -0.493 e. The van der Waals surface area contributed by atoms with E-state index in [-0.39, 0.29) is 11.5 Å². The van der Waals surface area contributed by atoms with E-state index in [2.05, 4.69) is 48.2 Å². The van der Waals surface area contributed by atoms with Crippen molar-refractivity contribution in [3.8, 4) is 17.2 Å². The number of hydrogen-bond acceptors (Lipinski definition) is 8. The van der Waals surface area contributed by atoms with Crippen LogP contribution in [-0.2, 0) is 27.8 Å². The lowest BCUT2D eigenvalue weighted by atomic mass is 9.59. The number of fused-ring (bicyclic) bond motifs is 4. The van der Waals surface area contributed by atoms with E-state index >= 15 is 0 Å². The van der Waals surface area contributed by atoms with Gasteiger partial charge in [0.25, 0.3) is 0 Å². The van der Waals surface area contributed by atoms with Gasteiger partial charge in [-0.3, -0.25) is 4.98 Å². The Balaban J connectivity index is 1.13. The molecule has 2 N–H and O–H groups in total. The molecular formula is C43H56ClN3O6. The fourth-order valence-corrected chi connectivity index (χ4v) is 9.91. The van der Waals surface area contributed by atoms with Crippen molar-refractivity contribution in [2.75, 3.05) is 52.4 Å². The third-order valence-electron chi connectivity index (χ3n) is 12.5. The topological polar surface area (TPSA) is 102 Å². The summed E-state index contributed by atoms with van der Waals surface area (Å²) in [5.74, 6) is 2.84. The fraction of sp³-hybridized carbons (Fsp3) is 0.581. The minimum absolute atomic E-state index is 0.0759. The van der Waals surface area contributed by atoms with E-state index in [1.165, 1.54) is 35.2 Å². The molecule has 10 heteroatoms. The van der Waals surface area contributed by atoms with Crippen molar-refractivity contribution in [2.45, 2.75) is 101 Å². The molecule has 1 fully saturated rings. The molecule has 0 unspecified atom stereocenters. The molecule has 0 bridgehead atoms. The van der Waals surface area contributed by atoms with Crippen molar-refractivity contribution < 1.29 is 28.8 Å². The van der Waals surface area contributed by atoms with Crippen LogP contribution in [0.4, 0.5) is 5.69 Å². The number of carboxylic acid groups (broad SMARTS) is 1. The Morgan fingerprint density at radius 3 is 2.77 bits per heavy atom. The van der Waals surface area contributed by atoms with Gasteiger partial charge in [0.05, 0.1) is 6.61 Å². The Morgan fingerprint density at radius 2 is 2.00 bits per heavy atom. The number of methoxy groups -OCH3 is 1. The number of pyridine rings is 1. The van der Waals surface area contributed by atoms with E-state index in [1.807, 2.05) is 30.5 Å². The first-order valence-electron chi connectivity index (χ1n) is 19.6. The molecule has 1 spiro atoms. The van der Waals surface area contributed by atoms with Crippen LogP contribution in [0.25, 0.3) is 0 Å². The highest BCUT2D eigenvalue weighted by atomic mass is 35.5. The Bertz CT molecular complexity index is 1760. The van der Waals surface area contributed by atoms with Crippen molar-refractivity contribution >= 4 is 23.3 Å². The molecule has 2 aromatic carbocycles. The van der Waals surface area contributed by atoms with Gasteiger partial charge in [0, 0.05) is 55.0 Å². The molecule has 4 atom stereocenters. The Labute approximate surface area is 319 Å². The summed E-state index contributed by atoms with van der Waals surface area (Å²) in [7, 11) is 3.84. The third kappa shape index (κ3) is 7.99. The van der Waals surface area contributed by atoms with Crippen LogP contribution >= 0.6 is 11.6 Å². The molecule has 0 amide bonds. The number of carbonyl (C=O) groups is 1. The van der Waals surface area contributed by atoms with E-state index in [0.717, 1.165) is 81.2 Å². The van der Waals surface area contributed by atoms with Gasteiger partial charge in [0.1, 0.15) is 24.0 Å². The molecule has 3 aromatic rings.